The fraction of sp³-hybridized carbons (Fsp3) is 0.400. The summed E-state index contributed by atoms with van der Waals surface area (Å²) in [5.74, 6) is 0. The predicted octanol–water partition coefficient (Wildman–Crippen LogP) is 2.91. The van der Waals surface area contributed by atoms with E-state index in [-0.39, 0.29) is 0 Å². The number of imidazole rings is 1. The van der Waals surface area contributed by atoms with E-state index in [1.807, 2.05) is 12.5 Å². The third-order valence-corrected chi connectivity index (χ3v) is 3.57. The van der Waals surface area contributed by atoms with Gasteiger partial charge in [0.25, 0.3) is 0 Å². The molecule has 0 saturated carbocycles. The van der Waals surface area contributed by atoms with Gasteiger partial charge in [-0.2, -0.15) is 0 Å². The quantitative estimate of drug-likeness (QED) is 0.876. The first-order valence-electron chi connectivity index (χ1n) is 6.58. The molecule has 0 amide bonds. The third kappa shape index (κ3) is 2.06. The van der Waals surface area contributed by atoms with Gasteiger partial charge in [-0.1, -0.05) is 6.07 Å². The van der Waals surface area contributed by atoms with Crippen LogP contribution in [0.4, 0.5) is 0 Å². The Hall–Kier alpha value is -1.61. The molecule has 18 heavy (non-hydrogen) atoms. The van der Waals surface area contributed by atoms with Crippen molar-refractivity contribution in [1.82, 2.24) is 14.9 Å². The van der Waals surface area contributed by atoms with Crippen LogP contribution in [0.5, 0.6) is 0 Å². The first-order chi connectivity index (χ1) is 8.74. The highest BCUT2D eigenvalue weighted by molar-refractivity contribution is 5.41. The summed E-state index contributed by atoms with van der Waals surface area (Å²) in [5, 5.41) is 3.54. The number of aromatic nitrogens is 2. The standard InChI is InChI=1S/C15H19N3/c1-11-6-12(2)8-13(7-11)18-10-16-9-15(18)14-4-3-5-17-14/h6-10,14,17H,3-5H2,1-2H3. The Bertz CT molecular complexity index is 530. The van der Waals surface area contributed by atoms with E-state index in [9.17, 15) is 0 Å². The Morgan fingerprint density at radius 3 is 2.67 bits per heavy atom. The van der Waals surface area contributed by atoms with Crippen molar-refractivity contribution < 1.29 is 0 Å². The smallest absolute Gasteiger partial charge is 0.0994 e. The summed E-state index contributed by atoms with van der Waals surface area (Å²) >= 11 is 0. The number of aryl methyl sites for hydroxylation is 2. The van der Waals surface area contributed by atoms with Crippen molar-refractivity contribution in [1.29, 1.82) is 0 Å². The summed E-state index contributed by atoms with van der Waals surface area (Å²) in [5.41, 5.74) is 5.08. The highest BCUT2D eigenvalue weighted by atomic mass is 15.1. The first kappa shape index (κ1) is 11.5. The lowest BCUT2D eigenvalue weighted by Gasteiger charge is -2.15. The van der Waals surface area contributed by atoms with E-state index in [2.05, 4.69) is 46.9 Å². The maximum absolute atomic E-state index is 4.33. The fourth-order valence-electron chi connectivity index (χ4n) is 2.81. The van der Waals surface area contributed by atoms with Gasteiger partial charge in [-0.15, -0.1) is 0 Å². The Kier molecular flexibility index (Phi) is 2.92. The summed E-state index contributed by atoms with van der Waals surface area (Å²) in [7, 11) is 0. The Balaban J connectivity index is 2.03. The molecule has 3 nitrogen and oxygen atoms in total. The summed E-state index contributed by atoms with van der Waals surface area (Å²) < 4.78 is 2.21. The molecule has 1 fully saturated rings. The van der Waals surface area contributed by atoms with Gasteiger partial charge in [-0.3, -0.25) is 0 Å². The molecule has 94 valence electrons. The zero-order valence-electron chi connectivity index (χ0n) is 11.0. The summed E-state index contributed by atoms with van der Waals surface area (Å²) in [6.07, 6.45) is 6.36. The number of benzene rings is 1. The van der Waals surface area contributed by atoms with Gasteiger partial charge in [0, 0.05) is 11.7 Å². The van der Waals surface area contributed by atoms with Gasteiger partial charge in [0.1, 0.15) is 0 Å². The van der Waals surface area contributed by atoms with E-state index < -0.39 is 0 Å². The molecule has 1 aliphatic rings. The number of nitrogens with one attached hydrogen (secondary N) is 1. The zero-order valence-corrected chi connectivity index (χ0v) is 11.0. The van der Waals surface area contributed by atoms with Crippen molar-refractivity contribution in [3.05, 3.63) is 47.5 Å². The molecule has 3 rings (SSSR count). The van der Waals surface area contributed by atoms with E-state index in [1.165, 1.54) is 35.3 Å². The first-order valence-corrected chi connectivity index (χ1v) is 6.58. The van der Waals surface area contributed by atoms with Crippen LogP contribution in [0.2, 0.25) is 0 Å². The summed E-state index contributed by atoms with van der Waals surface area (Å²) in [6.45, 7) is 5.39. The lowest BCUT2D eigenvalue weighted by atomic mass is 10.1. The van der Waals surface area contributed by atoms with E-state index >= 15 is 0 Å². The van der Waals surface area contributed by atoms with Gasteiger partial charge in [0.05, 0.1) is 18.2 Å². The second-order valence-electron chi connectivity index (χ2n) is 5.18. The van der Waals surface area contributed by atoms with Crippen LogP contribution < -0.4 is 5.32 Å². The third-order valence-electron chi connectivity index (χ3n) is 3.57. The Morgan fingerprint density at radius 2 is 2.00 bits per heavy atom. The van der Waals surface area contributed by atoms with E-state index in [4.69, 9.17) is 0 Å². The number of nitrogens with zero attached hydrogens (tertiary/aromatic N) is 2. The molecular weight excluding hydrogens is 222 g/mol. The second kappa shape index (κ2) is 4.58. The normalized spacial score (nSPS) is 19.3. The molecule has 1 aromatic carbocycles. The minimum Gasteiger partial charge on any atom is -0.309 e. The van der Waals surface area contributed by atoms with Crippen molar-refractivity contribution in [3.8, 4) is 5.69 Å². The summed E-state index contributed by atoms with van der Waals surface area (Å²) in [4.78, 5) is 4.33. The van der Waals surface area contributed by atoms with E-state index in [0.717, 1.165) is 6.54 Å². The van der Waals surface area contributed by atoms with Gasteiger partial charge in [0.15, 0.2) is 0 Å². The molecule has 1 aliphatic heterocycles. The van der Waals surface area contributed by atoms with Crippen molar-refractivity contribution in [2.45, 2.75) is 32.7 Å². The summed E-state index contributed by atoms with van der Waals surface area (Å²) in [6, 6.07) is 7.09. The molecule has 0 radical (unpaired) electrons. The van der Waals surface area contributed by atoms with Crippen LogP contribution in [0.15, 0.2) is 30.7 Å². The zero-order chi connectivity index (χ0) is 12.5. The van der Waals surface area contributed by atoms with E-state index in [1.54, 1.807) is 0 Å². The second-order valence-corrected chi connectivity index (χ2v) is 5.18. The monoisotopic (exact) mass is 241 g/mol. The molecule has 2 heterocycles. The van der Waals surface area contributed by atoms with Crippen molar-refractivity contribution in [2.24, 2.45) is 0 Å². The van der Waals surface area contributed by atoms with Crippen LogP contribution >= 0.6 is 0 Å². The molecule has 0 spiro atoms. The SMILES string of the molecule is Cc1cc(C)cc(-n2cncc2C2CCCN2)c1. The topological polar surface area (TPSA) is 29.9 Å². The van der Waals surface area contributed by atoms with Crippen molar-refractivity contribution >= 4 is 0 Å². The van der Waals surface area contributed by atoms with Gasteiger partial charge in [-0.25, -0.2) is 4.98 Å². The maximum atomic E-state index is 4.33. The number of hydrogen-bond acceptors (Lipinski definition) is 2. The molecule has 1 atom stereocenters. The Morgan fingerprint density at radius 1 is 1.22 bits per heavy atom. The molecule has 0 bridgehead atoms. The maximum Gasteiger partial charge on any atom is 0.0994 e. The highest BCUT2D eigenvalue weighted by Gasteiger charge is 2.20. The van der Waals surface area contributed by atoms with Crippen LogP contribution in [0, 0.1) is 13.8 Å². The molecule has 1 N–H and O–H groups in total. The number of rotatable bonds is 2. The van der Waals surface area contributed by atoms with Crippen LogP contribution in [-0.2, 0) is 0 Å². The molecule has 1 aromatic heterocycles. The van der Waals surface area contributed by atoms with Crippen LogP contribution in [0.3, 0.4) is 0 Å². The number of hydrogen-bond donors (Lipinski definition) is 1. The lowest BCUT2D eigenvalue weighted by molar-refractivity contribution is 0.615. The van der Waals surface area contributed by atoms with Crippen LogP contribution in [0.25, 0.3) is 5.69 Å². The largest absolute Gasteiger partial charge is 0.309 e. The van der Waals surface area contributed by atoms with E-state index in [0.29, 0.717) is 6.04 Å². The molecule has 3 heteroatoms. The molecular formula is C15H19N3. The minimum atomic E-state index is 0.452. The van der Waals surface area contributed by atoms with Crippen molar-refractivity contribution in [2.75, 3.05) is 6.54 Å². The van der Waals surface area contributed by atoms with Crippen molar-refractivity contribution in [3.63, 3.8) is 0 Å². The Labute approximate surface area is 108 Å². The van der Waals surface area contributed by atoms with Gasteiger partial charge < -0.3 is 9.88 Å². The molecule has 2 aromatic rings. The van der Waals surface area contributed by atoms with Crippen LogP contribution in [-0.4, -0.2) is 16.1 Å². The average molecular weight is 241 g/mol. The highest BCUT2D eigenvalue weighted by Crippen LogP contribution is 2.25. The fourth-order valence-corrected chi connectivity index (χ4v) is 2.81. The minimum absolute atomic E-state index is 0.452. The van der Waals surface area contributed by atoms with Gasteiger partial charge in [0.2, 0.25) is 0 Å². The van der Waals surface area contributed by atoms with Gasteiger partial charge >= 0.3 is 0 Å². The van der Waals surface area contributed by atoms with Crippen LogP contribution in [0.1, 0.15) is 35.7 Å². The molecule has 0 aliphatic carbocycles. The van der Waals surface area contributed by atoms with Gasteiger partial charge in [-0.05, 0) is 56.5 Å². The lowest BCUT2D eigenvalue weighted by Crippen LogP contribution is -2.16. The molecule has 1 unspecified atom stereocenters. The molecule has 1 saturated heterocycles. The predicted molar refractivity (Wildman–Crippen MR) is 73.0 cm³/mol. The average Bonchev–Trinajstić information content (AvgIpc) is 2.98.